The summed E-state index contributed by atoms with van der Waals surface area (Å²) in [4.78, 5) is 21.1. The highest BCUT2D eigenvalue weighted by molar-refractivity contribution is 5.79. The predicted octanol–water partition coefficient (Wildman–Crippen LogP) is 1.56. The quantitative estimate of drug-likeness (QED) is 0.303. The van der Waals surface area contributed by atoms with Crippen LogP contribution in [0.4, 0.5) is 0 Å². The Morgan fingerprint density at radius 2 is 2.13 bits per heavy atom. The third-order valence-corrected chi connectivity index (χ3v) is 6.07. The van der Waals surface area contributed by atoms with E-state index in [2.05, 4.69) is 33.4 Å². The Bertz CT molecular complexity index is 657. The van der Waals surface area contributed by atoms with Crippen LogP contribution in [0.5, 0.6) is 0 Å². The van der Waals surface area contributed by atoms with Crippen molar-refractivity contribution in [2.75, 3.05) is 52.4 Å². The summed E-state index contributed by atoms with van der Waals surface area (Å²) in [6.45, 7) is 9.46. The largest absolute Gasteiger partial charge is 0.468 e. The van der Waals surface area contributed by atoms with Gasteiger partial charge in [0.25, 0.3) is 0 Å². The Morgan fingerprint density at radius 3 is 2.83 bits per heavy atom. The van der Waals surface area contributed by atoms with E-state index in [0.717, 1.165) is 76.8 Å². The number of piperidine rings is 1. The van der Waals surface area contributed by atoms with Gasteiger partial charge in [-0.3, -0.25) is 14.7 Å². The predicted molar refractivity (Wildman–Crippen MR) is 119 cm³/mol. The molecule has 3 heterocycles. The van der Waals surface area contributed by atoms with Gasteiger partial charge in [-0.1, -0.05) is 0 Å². The summed E-state index contributed by atoms with van der Waals surface area (Å²) in [5.74, 6) is 1.69. The van der Waals surface area contributed by atoms with Crippen LogP contribution in [0.1, 0.15) is 50.8 Å². The van der Waals surface area contributed by atoms with Gasteiger partial charge in [-0.25, -0.2) is 0 Å². The van der Waals surface area contributed by atoms with Crippen molar-refractivity contribution in [2.45, 2.75) is 45.1 Å². The average molecular weight is 419 g/mol. The number of rotatable bonds is 10. The maximum absolute atomic E-state index is 11.4. The minimum Gasteiger partial charge on any atom is -0.468 e. The van der Waals surface area contributed by atoms with Crippen molar-refractivity contribution in [2.24, 2.45) is 16.6 Å². The van der Waals surface area contributed by atoms with Crippen molar-refractivity contribution in [1.29, 1.82) is 0 Å². The van der Waals surface area contributed by atoms with Gasteiger partial charge in [0, 0.05) is 19.6 Å². The van der Waals surface area contributed by atoms with Gasteiger partial charge in [-0.2, -0.15) is 0 Å². The zero-order chi connectivity index (χ0) is 21.2. The lowest BCUT2D eigenvalue weighted by molar-refractivity contribution is -0.123. The van der Waals surface area contributed by atoms with Crippen LogP contribution in [-0.4, -0.2) is 74.0 Å². The van der Waals surface area contributed by atoms with E-state index in [4.69, 9.17) is 15.1 Å². The number of carbonyl (C=O) groups is 1. The number of furan rings is 1. The van der Waals surface area contributed by atoms with Gasteiger partial charge in [-0.05, 0) is 77.3 Å². The van der Waals surface area contributed by atoms with Gasteiger partial charge in [0.2, 0.25) is 5.91 Å². The number of nitrogens with zero attached hydrogens (tertiary/aromatic N) is 3. The molecule has 0 bridgehead atoms. The van der Waals surface area contributed by atoms with E-state index in [1.807, 2.05) is 6.07 Å². The second kappa shape index (κ2) is 12.0. The minimum atomic E-state index is -0.163. The van der Waals surface area contributed by atoms with Crippen LogP contribution in [0.3, 0.4) is 0 Å². The molecule has 8 heteroatoms. The van der Waals surface area contributed by atoms with E-state index >= 15 is 0 Å². The molecule has 2 aliphatic rings. The first kappa shape index (κ1) is 22.6. The fraction of sp³-hybridized carbons (Fsp3) is 0.727. The van der Waals surface area contributed by atoms with Crippen molar-refractivity contribution in [1.82, 2.24) is 20.4 Å². The molecule has 4 N–H and O–H groups in total. The van der Waals surface area contributed by atoms with Crippen molar-refractivity contribution >= 4 is 11.9 Å². The maximum Gasteiger partial charge on any atom is 0.221 e. The van der Waals surface area contributed by atoms with Gasteiger partial charge in [-0.15, -0.1) is 0 Å². The summed E-state index contributed by atoms with van der Waals surface area (Å²) in [5, 5.41) is 6.81. The van der Waals surface area contributed by atoms with Gasteiger partial charge >= 0.3 is 0 Å². The molecule has 2 fully saturated rings. The Kier molecular flexibility index (Phi) is 9.01. The van der Waals surface area contributed by atoms with Crippen molar-refractivity contribution in [3.8, 4) is 0 Å². The summed E-state index contributed by atoms with van der Waals surface area (Å²) in [6.07, 6.45) is 7.21. The van der Waals surface area contributed by atoms with Crippen molar-refractivity contribution < 1.29 is 9.21 Å². The third kappa shape index (κ3) is 6.74. The van der Waals surface area contributed by atoms with Crippen LogP contribution in [-0.2, 0) is 4.79 Å². The van der Waals surface area contributed by atoms with Crippen LogP contribution in [0.2, 0.25) is 0 Å². The van der Waals surface area contributed by atoms with Crippen LogP contribution in [0.25, 0.3) is 0 Å². The molecule has 2 atom stereocenters. The number of nitrogens with two attached hydrogens (primary N) is 1. The number of likely N-dealkylation sites (tertiary alicyclic amines) is 2. The van der Waals surface area contributed by atoms with E-state index in [1.165, 1.54) is 12.8 Å². The molecule has 3 rings (SSSR count). The standard InChI is InChI=1S/C22H38N6O2/c1-2-24-22(25-10-7-12-27-11-5-8-18(17-27)21(23)29)26-16-19(20-9-6-15-30-20)28-13-3-4-14-28/h6,9,15,18-19H,2-5,7-8,10-14,16-17H2,1H3,(H2,23,29)(H2,24,25,26). The van der Waals surface area contributed by atoms with Gasteiger partial charge in [0.15, 0.2) is 5.96 Å². The van der Waals surface area contributed by atoms with E-state index in [0.29, 0.717) is 6.54 Å². The highest BCUT2D eigenvalue weighted by Gasteiger charge is 2.25. The molecule has 0 radical (unpaired) electrons. The lowest BCUT2D eigenvalue weighted by Crippen LogP contribution is -2.43. The lowest BCUT2D eigenvalue weighted by Gasteiger charge is -2.31. The zero-order valence-corrected chi connectivity index (χ0v) is 18.3. The van der Waals surface area contributed by atoms with E-state index in [-0.39, 0.29) is 17.9 Å². The molecule has 30 heavy (non-hydrogen) atoms. The van der Waals surface area contributed by atoms with E-state index in [1.54, 1.807) is 6.26 Å². The first-order valence-electron chi connectivity index (χ1n) is 11.5. The first-order valence-corrected chi connectivity index (χ1v) is 11.5. The Morgan fingerprint density at radius 1 is 1.30 bits per heavy atom. The summed E-state index contributed by atoms with van der Waals surface area (Å²) < 4.78 is 5.70. The van der Waals surface area contributed by atoms with Crippen LogP contribution in [0, 0.1) is 5.92 Å². The zero-order valence-electron chi connectivity index (χ0n) is 18.3. The number of amides is 1. The number of nitrogens with one attached hydrogen (secondary N) is 2. The lowest BCUT2D eigenvalue weighted by atomic mass is 9.97. The molecule has 1 aromatic heterocycles. The summed E-state index contributed by atoms with van der Waals surface area (Å²) in [6, 6.07) is 4.20. The Hall–Kier alpha value is -2.06. The average Bonchev–Trinajstić information content (AvgIpc) is 3.46. The highest BCUT2D eigenvalue weighted by Crippen LogP contribution is 2.25. The molecular formula is C22H38N6O2. The molecule has 2 unspecified atom stereocenters. The molecule has 0 aliphatic carbocycles. The number of carbonyl (C=O) groups excluding carboxylic acids is 1. The number of aliphatic imine (C=N–C) groups is 1. The molecule has 0 spiro atoms. The van der Waals surface area contributed by atoms with Gasteiger partial charge < -0.3 is 25.7 Å². The highest BCUT2D eigenvalue weighted by atomic mass is 16.3. The first-order chi connectivity index (χ1) is 14.7. The van der Waals surface area contributed by atoms with E-state index < -0.39 is 0 Å². The smallest absolute Gasteiger partial charge is 0.221 e. The molecule has 0 aromatic carbocycles. The topological polar surface area (TPSA) is 99.1 Å². The van der Waals surface area contributed by atoms with Crippen molar-refractivity contribution in [3.63, 3.8) is 0 Å². The van der Waals surface area contributed by atoms with E-state index in [9.17, 15) is 4.79 Å². The fourth-order valence-electron chi connectivity index (χ4n) is 4.44. The van der Waals surface area contributed by atoms with Gasteiger partial charge in [0.1, 0.15) is 5.76 Å². The summed E-state index contributed by atoms with van der Waals surface area (Å²) >= 11 is 0. The fourth-order valence-corrected chi connectivity index (χ4v) is 4.44. The molecule has 1 aromatic rings. The second-order valence-corrected chi connectivity index (χ2v) is 8.32. The van der Waals surface area contributed by atoms with Crippen LogP contribution < -0.4 is 16.4 Å². The Labute approximate surface area is 180 Å². The molecule has 1 amide bonds. The SMILES string of the molecule is CCNC(=NCC(c1ccco1)N1CCCC1)NCCCN1CCCC(C(N)=O)C1. The number of hydrogen-bond donors (Lipinski definition) is 3. The molecule has 2 aliphatic heterocycles. The number of guanidine groups is 1. The van der Waals surface area contributed by atoms with Crippen LogP contribution >= 0.6 is 0 Å². The van der Waals surface area contributed by atoms with Crippen LogP contribution in [0.15, 0.2) is 27.8 Å². The second-order valence-electron chi connectivity index (χ2n) is 8.32. The van der Waals surface area contributed by atoms with Gasteiger partial charge in [0.05, 0.1) is 24.8 Å². The third-order valence-electron chi connectivity index (χ3n) is 6.07. The number of hydrogen-bond acceptors (Lipinski definition) is 5. The molecule has 168 valence electrons. The summed E-state index contributed by atoms with van der Waals surface area (Å²) in [5.41, 5.74) is 5.48. The monoisotopic (exact) mass is 418 g/mol. The number of primary amides is 1. The Balaban J connectivity index is 1.47. The maximum atomic E-state index is 11.4. The molecule has 2 saturated heterocycles. The van der Waals surface area contributed by atoms with Crippen molar-refractivity contribution in [3.05, 3.63) is 24.2 Å². The normalized spacial score (nSPS) is 22.2. The molecule has 0 saturated carbocycles. The summed E-state index contributed by atoms with van der Waals surface area (Å²) in [7, 11) is 0. The molecular weight excluding hydrogens is 380 g/mol. The molecule has 8 nitrogen and oxygen atoms in total. The minimum absolute atomic E-state index is 0.00899.